The average molecular weight is 257 g/mol. The predicted octanol–water partition coefficient (Wildman–Crippen LogP) is 3.49. The van der Waals surface area contributed by atoms with Crippen LogP contribution in [0.15, 0.2) is 42.7 Å². The molecule has 2 rings (SSSR count). The highest BCUT2D eigenvalue weighted by Crippen LogP contribution is 2.15. The standard InChI is InChI=1S/C16H23N3/c1-13(15-8-6-5-7-9-15)17-10-14-11-18-19(12-14)16(2,3)4/h5-9,11-13,17H,10H2,1-4H3. The Bertz CT molecular complexity index is 508. The van der Waals surface area contributed by atoms with Crippen LogP contribution in [0.1, 0.15) is 44.9 Å². The molecule has 0 bridgehead atoms. The van der Waals surface area contributed by atoms with Gasteiger partial charge in [0, 0.05) is 24.3 Å². The summed E-state index contributed by atoms with van der Waals surface area (Å²) in [6, 6.07) is 10.8. The van der Waals surface area contributed by atoms with Gasteiger partial charge in [0.25, 0.3) is 0 Å². The smallest absolute Gasteiger partial charge is 0.0543 e. The van der Waals surface area contributed by atoms with Gasteiger partial charge >= 0.3 is 0 Å². The number of benzene rings is 1. The van der Waals surface area contributed by atoms with E-state index in [2.05, 4.69) is 68.6 Å². The van der Waals surface area contributed by atoms with E-state index in [1.54, 1.807) is 0 Å². The van der Waals surface area contributed by atoms with Crippen molar-refractivity contribution in [3.8, 4) is 0 Å². The van der Waals surface area contributed by atoms with Crippen molar-refractivity contribution in [3.05, 3.63) is 53.9 Å². The summed E-state index contributed by atoms with van der Waals surface area (Å²) in [6.45, 7) is 9.49. The van der Waals surface area contributed by atoms with E-state index >= 15 is 0 Å². The number of aromatic nitrogens is 2. The first kappa shape index (κ1) is 13.8. The van der Waals surface area contributed by atoms with E-state index in [1.165, 1.54) is 11.1 Å². The van der Waals surface area contributed by atoms with Crippen LogP contribution in [0.4, 0.5) is 0 Å². The van der Waals surface area contributed by atoms with Crippen LogP contribution >= 0.6 is 0 Å². The molecule has 0 saturated carbocycles. The Balaban J connectivity index is 1.94. The molecule has 0 aliphatic carbocycles. The van der Waals surface area contributed by atoms with Gasteiger partial charge in [0.05, 0.1) is 11.7 Å². The quantitative estimate of drug-likeness (QED) is 0.908. The molecule has 0 spiro atoms. The van der Waals surface area contributed by atoms with Crippen LogP contribution in [0.3, 0.4) is 0 Å². The summed E-state index contributed by atoms with van der Waals surface area (Å²) in [5.41, 5.74) is 2.58. The third-order valence-corrected chi connectivity index (χ3v) is 3.24. The lowest BCUT2D eigenvalue weighted by Gasteiger charge is -2.18. The van der Waals surface area contributed by atoms with E-state index in [1.807, 2.05) is 16.9 Å². The molecule has 1 atom stereocenters. The van der Waals surface area contributed by atoms with Crippen molar-refractivity contribution in [3.63, 3.8) is 0 Å². The van der Waals surface area contributed by atoms with Crippen molar-refractivity contribution in [2.24, 2.45) is 0 Å². The van der Waals surface area contributed by atoms with Gasteiger partial charge in [-0.25, -0.2) is 0 Å². The maximum atomic E-state index is 4.41. The van der Waals surface area contributed by atoms with Crippen LogP contribution in [0, 0.1) is 0 Å². The van der Waals surface area contributed by atoms with Crippen molar-refractivity contribution >= 4 is 0 Å². The van der Waals surface area contributed by atoms with Gasteiger partial charge in [0.1, 0.15) is 0 Å². The summed E-state index contributed by atoms with van der Waals surface area (Å²) in [6.07, 6.45) is 4.06. The van der Waals surface area contributed by atoms with Crippen molar-refractivity contribution in [1.29, 1.82) is 0 Å². The molecule has 3 heteroatoms. The molecule has 2 aromatic rings. The summed E-state index contributed by atoms with van der Waals surface area (Å²) in [5.74, 6) is 0. The minimum Gasteiger partial charge on any atom is -0.306 e. The number of nitrogens with one attached hydrogen (secondary N) is 1. The van der Waals surface area contributed by atoms with Gasteiger partial charge in [-0.2, -0.15) is 5.10 Å². The average Bonchev–Trinajstić information content (AvgIpc) is 2.86. The minimum atomic E-state index is 0.0449. The third kappa shape index (κ3) is 3.67. The molecule has 19 heavy (non-hydrogen) atoms. The molecule has 1 N–H and O–H groups in total. The summed E-state index contributed by atoms with van der Waals surface area (Å²) >= 11 is 0. The van der Waals surface area contributed by atoms with Gasteiger partial charge < -0.3 is 5.32 Å². The maximum absolute atomic E-state index is 4.41. The van der Waals surface area contributed by atoms with Crippen LogP contribution in [0.25, 0.3) is 0 Å². The SMILES string of the molecule is CC(NCc1cnn(C(C)(C)C)c1)c1ccccc1. The molecule has 0 amide bonds. The zero-order valence-electron chi connectivity index (χ0n) is 12.2. The lowest BCUT2D eigenvalue weighted by atomic mass is 10.1. The van der Waals surface area contributed by atoms with Crippen LogP contribution < -0.4 is 5.32 Å². The molecule has 0 radical (unpaired) electrons. The fourth-order valence-electron chi connectivity index (χ4n) is 1.95. The Morgan fingerprint density at radius 2 is 1.89 bits per heavy atom. The fraction of sp³-hybridized carbons (Fsp3) is 0.438. The van der Waals surface area contributed by atoms with E-state index in [-0.39, 0.29) is 5.54 Å². The van der Waals surface area contributed by atoms with Crippen LogP contribution in [0.5, 0.6) is 0 Å². The van der Waals surface area contributed by atoms with Crippen LogP contribution in [0.2, 0.25) is 0 Å². The topological polar surface area (TPSA) is 29.9 Å². The summed E-state index contributed by atoms with van der Waals surface area (Å²) in [4.78, 5) is 0. The van der Waals surface area contributed by atoms with E-state index in [0.717, 1.165) is 6.54 Å². The Labute approximate surface area is 115 Å². The number of hydrogen-bond donors (Lipinski definition) is 1. The van der Waals surface area contributed by atoms with E-state index in [4.69, 9.17) is 0 Å². The van der Waals surface area contributed by atoms with Crippen molar-refractivity contribution < 1.29 is 0 Å². The maximum Gasteiger partial charge on any atom is 0.0543 e. The summed E-state index contributed by atoms with van der Waals surface area (Å²) < 4.78 is 2.01. The zero-order chi connectivity index (χ0) is 13.9. The molecule has 1 aromatic heterocycles. The Morgan fingerprint density at radius 1 is 1.21 bits per heavy atom. The normalized spacial score (nSPS) is 13.5. The molecule has 1 aromatic carbocycles. The molecule has 1 heterocycles. The van der Waals surface area contributed by atoms with Gasteiger partial charge in [-0.1, -0.05) is 30.3 Å². The largest absolute Gasteiger partial charge is 0.306 e. The highest BCUT2D eigenvalue weighted by atomic mass is 15.3. The molecule has 3 nitrogen and oxygen atoms in total. The van der Waals surface area contributed by atoms with Gasteiger partial charge in [0.2, 0.25) is 0 Å². The van der Waals surface area contributed by atoms with E-state index in [9.17, 15) is 0 Å². The first-order valence-electron chi connectivity index (χ1n) is 6.79. The third-order valence-electron chi connectivity index (χ3n) is 3.24. The molecule has 0 saturated heterocycles. The Kier molecular flexibility index (Phi) is 4.05. The van der Waals surface area contributed by atoms with Gasteiger partial charge in [-0.3, -0.25) is 4.68 Å². The molecular weight excluding hydrogens is 234 g/mol. The lowest BCUT2D eigenvalue weighted by Crippen LogP contribution is -2.22. The number of hydrogen-bond acceptors (Lipinski definition) is 2. The van der Waals surface area contributed by atoms with Crippen molar-refractivity contribution in [1.82, 2.24) is 15.1 Å². The van der Waals surface area contributed by atoms with Gasteiger partial charge in [-0.05, 0) is 33.3 Å². The Hall–Kier alpha value is -1.61. The molecule has 1 unspecified atom stereocenters. The second kappa shape index (κ2) is 5.57. The molecule has 0 aliphatic rings. The molecule has 0 fully saturated rings. The number of nitrogens with zero attached hydrogens (tertiary/aromatic N) is 2. The van der Waals surface area contributed by atoms with E-state index in [0.29, 0.717) is 6.04 Å². The van der Waals surface area contributed by atoms with Crippen molar-refractivity contribution in [2.45, 2.75) is 45.8 Å². The zero-order valence-corrected chi connectivity index (χ0v) is 12.2. The monoisotopic (exact) mass is 257 g/mol. The number of rotatable bonds is 4. The predicted molar refractivity (Wildman–Crippen MR) is 78.9 cm³/mol. The summed E-state index contributed by atoms with van der Waals surface area (Å²) in [5, 5.41) is 7.94. The Morgan fingerprint density at radius 3 is 2.47 bits per heavy atom. The molecule has 0 aliphatic heterocycles. The lowest BCUT2D eigenvalue weighted by molar-refractivity contribution is 0.355. The highest BCUT2D eigenvalue weighted by Gasteiger charge is 2.14. The fourth-order valence-corrected chi connectivity index (χ4v) is 1.95. The highest BCUT2D eigenvalue weighted by molar-refractivity contribution is 5.18. The molecular formula is C16H23N3. The van der Waals surface area contributed by atoms with Gasteiger partial charge in [-0.15, -0.1) is 0 Å². The van der Waals surface area contributed by atoms with E-state index < -0.39 is 0 Å². The first-order valence-corrected chi connectivity index (χ1v) is 6.79. The van der Waals surface area contributed by atoms with Crippen LogP contribution in [-0.2, 0) is 12.1 Å². The van der Waals surface area contributed by atoms with Crippen LogP contribution in [-0.4, -0.2) is 9.78 Å². The minimum absolute atomic E-state index is 0.0449. The second-order valence-electron chi connectivity index (χ2n) is 5.98. The van der Waals surface area contributed by atoms with Crippen molar-refractivity contribution in [2.75, 3.05) is 0 Å². The molecule has 102 valence electrons. The second-order valence-corrected chi connectivity index (χ2v) is 5.98. The first-order chi connectivity index (χ1) is 8.97. The van der Waals surface area contributed by atoms with Gasteiger partial charge in [0.15, 0.2) is 0 Å². The summed E-state index contributed by atoms with van der Waals surface area (Å²) in [7, 11) is 0.